The molecule has 0 bridgehead atoms. The number of benzene rings is 1. The zero-order chi connectivity index (χ0) is 15.4. The van der Waals surface area contributed by atoms with Gasteiger partial charge in [0.25, 0.3) is 11.1 Å². The molecule has 0 saturated carbocycles. The largest absolute Gasteiger partial charge is 0.550 e. The molecule has 1 heterocycles. The van der Waals surface area contributed by atoms with Crippen LogP contribution in [-0.2, 0) is 9.59 Å². The number of carbonyl (C=O) groups excluding carboxylic acids is 3. The van der Waals surface area contributed by atoms with Gasteiger partial charge in [-0.15, -0.1) is 0 Å². The highest BCUT2D eigenvalue weighted by molar-refractivity contribution is 8.18. The second-order valence-corrected chi connectivity index (χ2v) is 5.23. The van der Waals surface area contributed by atoms with Gasteiger partial charge in [0.15, 0.2) is 0 Å². The van der Waals surface area contributed by atoms with Gasteiger partial charge in [-0.25, -0.2) is 0 Å². The van der Waals surface area contributed by atoms with E-state index >= 15 is 0 Å². The Kier molecular flexibility index (Phi) is 4.64. The van der Waals surface area contributed by atoms with Crippen LogP contribution >= 0.6 is 11.8 Å². The SMILES string of the molecule is COc1cccc(/C=C2\SC(=O)N(CCC(=O)[O-])C2=O)c1. The van der Waals surface area contributed by atoms with Gasteiger partial charge >= 0.3 is 0 Å². The minimum atomic E-state index is -1.30. The van der Waals surface area contributed by atoms with Gasteiger partial charge in [-0.05, 0) is 35.5 Å². The van der Waals surface area contributed by atoms with Crippen molar-refractivity contribution in [3.05, 3.63) is 34.7 Å². The highest BCUT2D eigenvalue weighted by atomic mass is 32.2. The minimum Gasteiger partial charge on any atom is -0.550 e. The van der Waals surface area contributed by atoms with Crippen molar-refractivity contribution in [3.8, 4) is 5.75 Å². The van der Waals surface area contributed by atoms with E-state index in [9.17, 15) is 19.5 Å². The summed E-state index contributed by atoms with van der Waals surface area (Å²) in [5, 5.41) is 9.94. The number of aliphatic carboxylic acids is 1. The Morgan fingerprint density at radius 2 is 2.19 bits per heavy atom. The average Bonchev–Trinajstić information content (AvgIpc) is 2.71. The monoisotopic (exact) mass is 306 g/mol. The molecule has 0 atom stereocenters. The molecule has 7 heteroatoms. The van der Waals surface area contributed by atoms with Crippen LogP contribution < -0.4 is 9.84 Å². The molecule has 1 fully saturated rings. The van der Waals surface area contributed by atoms with Crippen LogP contribution in [0.5, 0.6) is 5.75 Å². The third-order valence-electron chi connectivity index (χ3n) is 2.80. The fourth-order valence-electron chi connectivity index (χ4n) is 1.78. The molecule has 1 aromatic carbocycles. The summed E-state index contributed by atoms with van der Waals surface area (Å²) in [4.78, 5) is 35.4. The number of ether oxygens (including phenoxy) is 1. The van der Waals surface area contributed by atoms with E-state index in [-0.39, 0.29) is 17.9 Å². The number of hydrogen-bond donors (Lipinski definition) is 0. The summed E-state index contributed by atoms with van der Waals surface area (Å²) in [6, 6.07) is 7.04. The van der Waals surface area contributed by atoms with Crippen molar-refractivity contribution < 1.29 is 24.2 Å². The molecule has 110 valence electrons. The van der Waals surface area contributed by atoms with Crippen molar-refractivity contribution in [2.24, 2.45) is 0 Å². The van der Waals surface area contributed by atoms with Crippen LogP contribution in [0, 0.1) is 0 Å². The molecule has 1 aliphatic heterocycles. The standard InChI is InChI=1S/C14H13NO5S/c1-20-10-4-2-3-9(7-10)8-11-13(18)15(14(19)21-11)6-5-12(16)17/h2-4,7-8H,5-6H2,1H3,(H,16,17)/p-1/b11-8-. The Morgan fingerprint density at radius 3 is 2.86 bits per heavy atom. The van der Waals surface area contributed by atoms with Crippen LogP contribution in [0.2, 0.25) is 0 Å². The Labute approximate surface area is 125 Å². The van der Waals surface area contributed by atoms with Gasteiger partial charge in [0.2, 0.25) is 0 Å². The molecule has 1 aliphatic rings. The number of hydrogen-bond acceptors (Lipinski definition) is 6. The average molecular weight is 306 g/mol. The summed E-state index contributed by atoms with van der Waals surface area (Å²) in [7, 11) is 1.53. The predicted molar refractivity (Wildman–Crippen MR) is 75.3 cm³/mol. The molecular formula is C14H12NO5S-. The Morgan fingerprint density at radius 1 is 1.43 bits per heavy atom. The van der Waals surface area contributed by atoms with Crippen molar-refractivity contribution in [2.75, 3.05) is 13.7 Å². The zero-order valence-corrected chi connectivity index (χ0v) is 12.0. The fraction of sp³-hybridized carbons (Fsp3) is 0.214. The summed E-state index contributed by atoms with van der Waals surface area (Å²) in [6.45, 7) is -0.178. The lowest BCUT2D eigenvalue weighted by molar-refractivity contribution is -0.305. The first-order valence-corrected chi connectivity index (χ1v) is 6.92. The molecular weight excluding hydrogens is 294 g/mol. The van der Waals surface area contributed by atoms with Gasteiger partial charge < -0.3 is 14.6 Å². The van der Waals surface area contributed by atoms with E-state index in [4.69, 9.17) is 4.74 Å². The summed E-state index contributed by atoms with van der Waals surface area (Å²) < 4.78 is 5.08. The first kappa shape index (κ1) is 15.1. The number of imide groups is 1. The number of methoxy groups -OCH3 is 1. The summed E-state index contributed by atoms with van der Waals surface area (Å²) in [5.41, 5.74) is 0.722. The zero-order valence-electron chi connectivity index (χ0n) is 11.2. The van der Waals surface area contributed by atoms with Gasteiger partial charge in [-0.3, -0.25) is 14.5 Å². The Bertz CT molecular complexity index is 626. The molecule has 6 nitrogen and oxygen atoms in total. The van der Waals surface area contributed by atoms with Crippen LogP contribution in [0.4, 0.5) is 4.79 Å². The molecule has 0 unspecified atom stereocenters. The molecule has 1 aromatic rings. The van der Waals surface area contributed by atoms with Crippen LogP contribution in [0.3, 0.4) is 0 Å². The van der Waals surface area contributed by atoms with Crippen molar-refractivity contribution in [3.63, 3.8) is 0 Å². The Hall–Kier alpha value is -2.28. The van der Waals surface area contributed by atoms with Crippen LogP contribution in [0.25, 0.3) is 6.08 Å². The number of carboxylic acids is 1. The summed E-state index contributed by atoms with van der Waals surface area (Å²) in [6.07, 6.45) is 1.21. The lowest BCUT2D eigenvalue weighted by Gasteiger charge is -2.12. The minimum absolute atomic E-state index is 0.178. The van der Waals surface area contributed by atoms with Crippen molar-refractivity contribution >= 4 is 35.0 Å². The maximum atomic E-state index is 12.1. The number of thioether (sulfide) groups is 1. The third-order valence-corrected chi connectivity index (χ3v) is 3.71. The number of carboxylic acid groups (broad SMARTS) is 1. The van der Waals surface area contributed by atoms with Gasteiger partial charge in [-0.2, -0.15) is 0 Å². The third kappa shape index (κ3) is 3.63. The lowest BCUT2D eigenvalue weighted by Crippen LogP contribution is -2.33. The molecule has 2 amide bonds. The lowest BCUT2D eigenvalue weighted by atomic mass is 10.2. The number of amides is 2. The maximum absolute atomic E-state index is 12.1. The highest BCUT2D eigenvalue weighted by Crippen LogP contribution is 2.32. The second-order valence-electron chi connectivity index (χ2n) is 4.23. The van der Waals surface area contributed by atoms with E-state index in [1.807, 2.05) is 0 Å². The van der Waals surface area contributed by atoms with E-state index in [0.29, 0.717) is 5.75 Å². The number of nitrogens with zero attached hydrogens (tertiary/aromatic N) is 1. The van der Waals surface area contributed by atoms with E-state index in [2.05, 4.69) is 0 Å². The van der Waals surface area contributed by atoms with E-state index in [1.165, 1.54) is 7.11 Å². The number of carbonyl (C=O) groups is 3. The van der Waals surface area contributed by atoms with E-state index < -0.39 is 17.1 Å². The maximum Gasteiger partial charge on any atom is 0.293 e. The predicted octanol–water partition coefficient (Wildman–Crippen LogP) is 0.872. The first-order chi connectivity index (χ1) is 10.0. The van der Waals surface area contributed by atoms with Crippen LogP contribution in [-0.4, -0.2) is 35.7 Å². The number of rotatable bonds is 5. The fourth-order valence-corrected chi connectivity index (χ4v) is 2.64. The van der Waals surface area contributed by atoms with Gasteiger partial charge in [0.05, 0.1) is 12.0 Å². The molecule has 21 heavy (non-hydrogen) atoms. The Balaban J connectivity index is 2.17. The van der Waals surface area contributed by atoms with E-state index in [0.717, 1.165) is 22.2 Å². The highest BCUT2D eigenvalue weighted by Gasteiger charge is 2.34. The van der Waals surface area contributed by atoms with Crippen LogP contribution in [0.1, 0.15) is 12.0 Å². The summed E-state index contributed by atoms with van der Waals surface area (Å²) >= 11 is 0.786. The topological polar surface area (TPSA) is 86.7 Å². The smallest absolute Gasteiger partial charge is 0.293 e. The van der Waals surface area contributed by atoms with Crippen molar-refractivity contribution in [1.82, 2.24) is 4.90 Å². The van der Waals surface area contributed by atoms with E-state index in [1.54, 1.807) is 30.3 Å². The first-order valence-electron chi connectivity index (χ1n) is 6.10. The van der Waals surface area contributed by atoms with Gasteiger partial charge in [0, 0.05) is 18.9 Å². The van der Waals surface area contributed by atoms with Crippen molar-refractivity contribution in [2.45, 2.75) is 6.42 Å². The molecule has 1 saturated heterocycles. The van der Waals surface area contributed by atoms with Crippen LogP contribution in [0.15, 0.2) is 29.2 Å². The molecule has 0 aliphatic carbocycles. The molecule has 2 rings (SSSR count). The summed E-state index contributed by atoms with van der Waals surface area (Å²) in [5.74, 6) is -1.15. The molecule has 0 radical (unpaired) electrons. The van der Waals surface area contributed by atoms with Crippen molar-refractivity contribution in [1.29, 1.82) is 0 Å². The second kappa shape index (κ2) is 6.45. The normalized spacial score (nSPS) is 16.6. The van der Waals surface area contributed by atoms with Gasteiger partial charge in [0.1, 0.15) is 5.75 Å². The quantitative estimate of drug-likeness (QED) is 0.750. The van der Waals surface area contributed by atoms with Gasteiger partial charge in [-0.1, -0.05) is 12.1 Å². The molecule has 0 aromatic heterocycles. The molecule has 0 spiro atoms. The molecule has 0 N–H and O–H groups in total.